The number of alkyl halides is 3. The van der Waals surface area contributed by atoms with Crippen LogP contribution >= 0.6 is 0 Å². The standard InChI is InChI=1S/C25H24F3NO3/c1-2-17-6-4-12-29(17)18-10-8-16(20(14-18)25(26,27)28)13-22(31)19-11-9-15-5-3-7-21(30)23(15)24(19)32/h3,5,7-8,10-11,14,17,30H,2,4,6,9,12-13H2,1H3. The van der Waals surface area contributed by atoms with Crippen LogP contribution in [-0.2, 0) is 23.8 Å². The lowest BCUT2D eigenvalue weighted by Gasteiger charge is -2.27. The number of benzene rings is 2. The van der Waals surface area contributed by atoms with Gasteiger partial charge in [0.25, 0.3) is 0 Å². The van der Waals surface area contributed by atoms with E-state index < -0.39 is 29.7 Å². The molecule has 4 nitrogen and oxygen atoms in total. The summed E-state index contributed by atoms with van der Waals surface area (Å²) in [7, 11) is 0. The second-order valence-electron chi connectivity index (χ2n) is 8.30. The van der Waals surface area contributed by atoms with Crippen LogP contribution in [0, 0.1) is 0 Å². The van der Waals surface area contributed by atoms with E-state index in [1.54, 1.807) is 18.2 Å². The molecule has 1 aliphatic carbocycles. The van der Waals surface area contributed by atoms with Crippen molar-refractivity contribution in [2.24, 2.45) is 0 Å². The van der Waals surface area contributed by atoms with Gasteiger partial charge < -0.3 is 10.0 Å². The lowest BCUT2D eigenvalue weighted by Crippen LogP contribution is -2.29. The first-order valence-electron chi connectivity index (χ1n) is 10.8. The molecular formula is C25H24F3NO3. The van der Waals surface area contributed by atoms with Crippen molar-refractivity contribution in [3.05, 3.63) is 70.3 Å². The zero-order valence-electron chi connectivity index (χ0n) is 17.7. The van der Waals surface area contributed by atoms with Crippen LogP contribution in [0.15, 0.2) is 48.0 Å². The van der Waals surface area contributed by atoms with Gasteiger partial charge in [-0.05, 0) is 55.0 Å². The normalized spacial score (nSPS) is 18.5. The topological polar surface area (TPSA) is 57.6 Å². The van der Waals surface area contributed by atoms with Crippen LogP contribution in [-0.4, -0.2) is 29.3 Å². The summed E-state index contributed by atoms with van der Waals surface area (Å²) in [5.74, 6) is -1.57. The molecule has 0 spiro atoms. The van der Waals surface area contributed by atoms with E-state index in [1.807, 2.05) is 11.8 Å². The highest BCUT2D eigenvalue weighted by atomic mass is 19.4. The van der Waals surface area contributed by atoms with E-state index in [4.69, 9.17) is 0 Å². The number of rotatable bonds is 5. The SMILES string of the molecule is CCC1CCCN1c1ccc(CC(=O)C2=CCc3cccc(O)c3C2=O)c(C(F)(F)F)c1. The molecule has 168 valence electrons. The fourth-order valence-electron chi connectivity index (χ4n) is 4.73. The van der Waals surface area contributed by atoms with Gasteiger partial charge in [-0.3, -0.25) is 9.59 Å². The van der Waals surface area contributed by atoms with E-state index in [0.717, 1.165) is 25.3 Å². The van der Waals surface area contributed by atoms with Crippen LogP contribution in [0.4, 0.5) is 18.9 Å². The lowest BCUT2D eigenvalue weighted by molar-refractivity contribution is -0.138. The van der Waals surface area contributed by atoms with Crippen molar-refractivity contribution >= 4 is 17.3 Å². The van der Waals surface area contributed by atoms with Crippen LogP contribution in [0.2, 0.25) is 0 Å². The predicted octanol–water partition coefficient (Wildman–Crippen LogP) is 5.27. The maximum Gasteiger partial charge on any atom is 0.416 e. The molecule has 2 aliphatic rings. The Morgan fingerprint density at radius 1 is 1.22 bits per heavy atom. The third-order valence-corrected chi connectivity index (χ3v) is 6.36. The molecular weight excluding hydrogens is 419 g/mol. The van der Waals surface area contributed by atoms with Crippen molar-refractivity contribution in [1.82, 2.24) is 0 Å². The number of phenols is 1. The summed E-state index contributed by atoms with van der Waals surface area (Å²) in [4.78, 5) is 27.6. The molecule has 0 saturated carbocycles. The Balaban J connectivity index is 1.63. The number of carbonyl (C=O) groups is 2. The molecule has 1 heterocycles. The summed E-state index contributed by atoms with van der Waals surface area (Å²) < 4.78 is 41.6. The first-order chi connectivity index (χ1) is 15.2. The number of allylic oxidation sites excluding steroid dienone is 2. The molecule has 1 aliphatic heterocycles. The molecule has 0 radical (unpaired) electrons. The Kier molecular flexibility index (Phi) is 5.84. The Morgan fingerprint density at radius 3 is 2.72 bits per heavy atom. The van der Waals surface area contributed by atoms with Crippen LogP contribution in [0.1, 0.15) is 53.2 Å². The maximum atomic E-state index is 13.9. The number of halogens is 3. The van der Waals surface area contributed by atoms with E-state index in [0.29, 0.717) is 17.8 Å². The molecule has 0 bridgehead atoms. The molecule has 4 rings (SSSR count). The minimum absolute atomic E-state index is 0.0457. The Morgan fingerprint density at radius 2 is 2.00 bits per heavy atom. The first-order valence-corrected chi connectivity index (χ1v) is 10.8. The average molecular weight is 443 g/mol. The molecule has 32 heavy (non-hydrogen) atoms. The van der Waals surface area contributed by atoms with Gasteiger partial charge in [0, 0.05) is 24.7 Å². The molecule has 0 aromatic heterocycles. The van der Waals surface area contributed by atoms with Gasteiger partial charge >= 0.3 is 6.18 Å². The second kappa shape index (κ2) is 8.45. The van der Waals surface area contributed by atoms with Gasteiger partial charge in [-0.25, -0.2) is 0 Å². The quantitative estimate of drug-likeness (QED) is 0.640. The number of hydrogen-bond donors (Lipinski definition) is 1. The van der Waals surface area contributed by atoms with Crippen molar-refractivity contribution in [2.45, 2.75) is 51.2 Å². The highest BCUT2D eigenvalue weighted by Gasteiger charge is 2.36. The van der Waals surface area contributed by atoms with Crippen molar-refractivity contribution < 1.29 is 27.9 Å². The molecule has 2 aromatic carbocycles. The monoisotopic (exact) mass is 443 g/mol. The zero-order chi connectivity index (χ0) is 23.0. The van der Waals surface area contributed by atoms with Crippen molar-refractivity contribution in [3.8, 4) is 5.75 Å². The molecule has 1 N–H and O–H groups in total. The van der Waals surface area contributed by atoms with E-state index in [9.17, 15) is 27.9 Å². The van der Waals surface area contributed by atoms with E-state index in [1.165, 1.54) is 18.2 Å². The Hall–Kier alpha value is -3.09. The smallest absolute Gasteiger partial charge is 0.416 e. The molecule has 0 amide bonds. The third kappa shape index (κ3) is 4.04. The number of aromatic hydroxyl groups is 1. The molecule has 1 fully saturated rings. The summed E-state index contributed by atoms with van der Waals surface area (Å²) in [5, 5.41) is 10.0. The minimum Gasteiger partial charge on any atom is -0.507 e. The van der Waals surface area contributed by atoms with Gasteiger partial charge in [0.1, 0.15) is 5.75 Å². The first kappa shape index (κ1) is 22.1. The van der Waals surface area contributed by atoms with Gasteiger partial charge in [-0.2, -0.15) is 13.2 Å². The van der Waals surface area contributed by atoms with Crippen molar-refractivity contribution in [2.75, 3.05) is 11.4 Å². The van der Waals surface area contributed by atoms with Gasteiger partial charge in [-0.1, -0.05) is 31.2 Å². The Labute approximate surface area is 184 Å². The van der Waals surface area contributed by atoms with Gasteiger partial charge in [-0.15, -0.1) is 0 Å². The van der Waals surface area contributed by atoms with E-state index in [-0.39, 0.29) is 34.9 Å². The number of Topliss-reactive ketones (excluding diaryl/α,β-unsaturated/α-hetero) is 2. The molecule has 1 saturated heterocycles. The number of ketones is 2. The van der Waals surface area contributed by atoms with Crippen LogP contribution in [0.5, 0.6) is 5.75 Å². The van der Waals surface area contributed by atoms with Crippen LogP contribution in [0.3, 0.4) is 0 Å². The average Bonchev–Trinajstić information content (AvgIpc) is 3.22. The van der Waals surface area contributed by atoms with E-state index in [2.05, 4.69) is 0 Å². The van der Waals surface area contributed by atoms with Gasteiger partial charge in [0.15, 0.2) is 11.6 Å². The van der Waals surface area contributed by atoms with Gasteiger partial charge in [0.2, 0.25) is 0 Å². The molecule has 1 atom stereocenters. The molecule has 1 unspecified atom stereocenters. The fourth-order valence-corrected chi connectivity index (χ4v) is 4.73. The number of fused-ring (bicyclic) bond motifs is 1. The third-order valence-electron chi connectivity index (χ3n) is 6.36. The maximum absolute atomic E-state index is 13.9. The molecule has 7 heteroatoms. The summed E-state index contributed by atoms with van der Waals surface area (Å²) in [6.07, 6.45) is -0.728. The predicted molar refractivity (Wildman–Crippen MR) is 115 cm³/mol. The Bertz CT molecular complexity index is 1100. The number of carbonyl (C=O) groups excluding carboxylic acids is 2. The zero-order valence-corrected chi connectivity index (χ0v) is 17.7. The highest BCUT2D eigenvalue weighted by molar-refractivity contribution is 6.28. The summed E-state index contributed by atoms with van der Waals surface area (Å²) >= 11 is 0. The number of hydrogen-bond acceptors (Lipinski definition) is 4. The number of nitrogens with zero attached hydrogens (tertiary/aromatic N) is 1. The number of phenolic OH excluding ortho intramolecular Hbond substituents is 1. The fraction of sp³-hybridized carbons (Fsp3) is 0.360. The highest BCUT2D eigenvalue weighted by Crippen LogP contribution is 2.37. The molecule has 2 aromatic rings. The lowest BCUT2D eigenvalue weighted by atomic mass is 9.86. The summed E-state index contributed by atoms with van der Waals surface area (Å²) in [5.41, 5.74) is -0.0497. The second-order valence-corrected chi connectivity index (χ2v) is 8.30. The largest absolute Gasteiger partial charge is 0.507 e. The van der Waals surface area contributed by atoms with Crippen molar-refractivity contribution in [1.29, 1.82) is 0 Å². The summed E-state index contributed by atoms with van der Waals surface area (Å²) in [6, 6.07) is 8.93. The minimum atomic E-state index is -4.62. The van der Waals surface area contributed by atoms with Crippen LogP contribution < -0.4 is 4.90 Å². The van der Waals surface area contributed by atoms with E-state index >= 15 is 0 Å². The van der Waals surface area contributed by atoms with Crippen molar-refractivity contribution in [3.63, 3.8) is 0 Å². The number of anilines is 1. The summed E-state index contributed by atoms with van der Waals surface area (Å²) in [6.45, 7) is 2.73. The van der Waals surface area contributed by atoms with Crippen LogP contribution in [0.25, 0.3) is 0 Å². The van der Waals surface area contributed by atoms with Gasteiger partial charge in [0.05, 0.1) is 16.7 Å².